The zero-order chi connectivity index (χ0) is 14.3. The van der Waals surface area contributed by atoms with Gasteiger partial charge in [-0.25, -0.2) is 0 Å². The van der Waals surface area contributed by atoms with E-state index in [9.17, 15) is 10.1 Å². The average Bonchev–Trinajstić information content (AvgIpc) is 2.36. The van der Waals surface area contributed by atoms with Crippen LogP contribution in [0.2, 0.25) is 0 Å². The summed E-state index contributed by atoms with van der Waals surface area (Å²) in [5.74, 6) is 0. The van der Waals surface area contributed by atoms with Crippen molar-refractivity contribution in [3.05, 3.63) is 39.4 Å². The molecule has 0 saturated heterocycles. The van der Waals surface area contributed by atoms with E-state index in [1.807, 2.05) is 13.0 Å². The Hall–Kier alpha value is -1.42. The van der Waals surface area contributed by atoms with Crippen LogP contribution in [0.3, 0.4) is 0 Å². The second-order valence-electron chi connectivity index (χ2n) is 5.03. The predicted octanol–water partition coefficient (Wildman–Crippen LogP) is 3.61. The number of nitrogens with one attached hydrogen (secondary N) is 1. The van der Waals surface area contributed by atoms with Crippen molar-refractivity contribution >= 4 is 5.69 Å². The number of hydrogen-bond acceptors (Lipinski definition) is 3. The number of nitrogens with zero attached hydrogens (tertiary/aromatic N) is 1. The van der Waals surface area contributed by atoms with Crippen LogP contribution in [0.1, 0.15) is 44.2 Å². The van der Waals surface area contributed by atoms with Gasteiger partial charge in [0.25, 0.3) is 5.69 Å². The van der Waals surface area contributed by atoms with Gasteiger partial charge < -0.3 is 5.32 Å². The molecule has 1 N–H and O–H groups in total. The second kappa shape index (κ2) is 7.89. The molecule has 0 radical (unpaired) electrons. The van der Waals surface area contributed by atoms with E-state index >= 15 is 0 Å². The zero-order valence-corrected chi connectivity index (χ0v) is 12.1. The summed E-state index contributed by atoms with van der Waals surface area (Å²) in [6, 6.07) is 5.68. The van der Waals surface area contributed by atoms with Gasteiger partial charge in [0, 0.05) is 17.7 Å². The van der Waals surface area contributed by atoms with Crippen molar-refractivity contribution in [1.29, 1.82) is 0 Å². The molecular weight excluding hydrogens is 240 g/mol. The van der Waals surface area contributed by atoms with E-state index in [4.69, 9.17) is 0 Å². The minimum atomic E-state index is -0.280. The minimum Gasteiger partial charge on any atom is -0.314 e. The molecule has 0 bridgehead atoms. The van der Waals surface area contributed by atoms with E-state index < -0.39 is 0 Å². The van der Waals surface area contributed by atoms with Gasteiger partial charge in [0.2, 0.25) is 0 Å². The monoisotopic (exact) mass is 264 g/mol. The summed E-state index contributed by atoms with van der Waals surface area (Å²) in [5, 5.41) is 14.6. The first-order valence-electron chi connectivity index (χ1n) is 7.05. The van der Waals surface area contributed by atoms with Crippen molar-refractivity contribution in [2.24, 2.45) is 0 Å². The van der Waals surface area contributed by atoms with E-state index in [1.165, 1.54) is 0 Å². The van der Waals surface area contributed by atoms with Gasteiger partial charge in [0.1, 0.15) is 0 Å². The van der Waals surface area contributed by atoms with Crippen LogP contribution in [-0.2, 0) is 6.42 Å². The van der Waals surface area contributed by atoms with Crippen LogP contribution in [0.25, 0.3) is 0 Å². The number of rotatable bonds is 8. The number of benzene rings is 1. The summed E-state index contributed by atoms with van der Waals surface area (Å²) < 4.78 is 0. The highest BCUT2D eigenvalue weighted by Crippen LogP contribution is 2.22. The molecule has 19 heavy (non-hydrogen) atoms. The molecule has 0 amide bonds. The Morgan fingerprint density at radius 2 is 2.05 bits per heavy atom. The van der Waals surface area contributed by atoms with Gasteiger partial charge in [-0.2, -0.15) is 0 Å². The van der Waals surface area contributed by atoms with Crippen molar-refractivity contribution in [2.75, 3.05) is 6.54 Å². The van der Waals surface area contributed by atoms with E-state index in [2.05, 4.69) is 19.2 Å². The maximum absolute atomic E-state index is 11.1. The summed E-state index contributed by atoms with van der Waals surface area (Å²) in [7, 11) is 0. The van der Waals surface area contributed by atoms with Crippen molar-refractivity contribution in [1.82, 2.24) is 5.32 Å². The lowest BCUT2D eigenvalue weighted by Crippen LogP contribution is -2.31. The van der Waals surface area contributed by atoms with Crippen molar-refractivity contribution < 1.29 is 4.92 Å². The summed E-state index contributed by atoms with van der Waals surface area (Å²) in [4.78, 5) is 10.8. The highest BCUT2D eigenvalue weighted by molar-refractivity contribution is 5.43. The predicted molar refractivity (Wildman–Crippen MR) is 78.5 cm³/mol. The van der Waals surface area contributed by atoms with E-state index in [0.29, 0.717) is 6.04 Å². The molecule has 4 heteroatoms. The first-order valence-corrected chi connectivity index (χ1v) is 7.05. The smallest absolute Gasteiger partial charge is 0.272 e. The fourth-order valence-corrected chi connectivity index (χ4v) is 2.29. The number of hydrogen-bond donors (Lipinski definition) is 1. The Labute approximate surface area is 115 Å². The van der Waals surface area contributed by atoms with Gasteiger partial charge in [0.05, 0.1) is 4.92 Å². The molecule has 0 spiro atoms. The molecule has 0 aromatic heterocycles. The molecule has 1 rings (SSSR count). The molecule has 4 nitrogen and oxygen atoms in total. The lowest BCUT2D eigenvalue weighted by Gasteiger charge is -2.18. The van der Waals surface area contributed by atoms with Gasteiger partial charge in [-0.05, 0) is 38.8 Å². The fourth-order valence-electron chi connectivity index (χ4n) is 2.29. The first kappa shape index (κ1) is 15.6. The van der Waals surface area contributed by atoms with Crippen LogP contribution >= 0.6 is 0 Å². The van der Waals surface area contributed by atoms with E-state index in [-0.39, 0.29) is 10.6 Å². The molecule has 0 saturated carbocycles. The molecule has 106 valence electrons. The Kier molecular flexibility index (Phi) is 6.50. The van der Waals surface area contributed by atoms with Crippen molar-refractivity contribution in [3.8, 4) is 0 Å². The Bertz CT molecular complexity index is 419. The zero-order valence-electron chi connectivity index (χ0n) is 12.1. The highest BCUT2D eigenvalue weighted by atomic mass is 16.6. The van der Waals surface area contributed by atoms with Gasteiger partial charge in [-0.3, -0.25) is 10.1 Å². The third-order valence-electron chi connectivity index (χ3n) is 3.22. The average molecular weight is 264 g/mol. The quantitative estimate of drug-likeness (QED) is 0.576. The molecular formula is C15H24N2O2. The van der Waals surface area contributed by atoms with Gasteiger partial charge in [-0.1, -0.05) is 31.9 Å². The second-order valence-corrected chi connectivity index (χ2v) is 5.03. The fraction of sp³-hybridized carbons (Fsp3) is 0.600. The van der Waals surface area contributed by atoms with Crippen molar-refractivity contribution in [2.45, 2.75) is 52.5 Å². The summed E-state index contributed by atoms with van der Waals surface area (Å²) >= 11 is 0. The molecule has 1 aromatic rings. The van der Waals surface area contributed by atoms with Crippen LogP contribution < -0.4 is 5.32 Å². The highest BCUT2D eigenvalue weighted by Gasteiger charge is 2.17. The molecule has 0 aliphatic rings. The van der Waals surface area contributed by atoms with Gasteiger partial charge >= 0.3 is 0 Å². The maximum atomic E-state index is 11.1. The standard InChI is InChI=1S/C15H24N2O2/c1-4-6-14(16-9-5-2)11-13-10-12(3)7-8-15(13)17(18)19/h7-8,10,14,16H,4-6,9,11H2,1-3H3. The Balaban J connectivity index is 2.87. The molecule has 0 heterocycles. The van der Waals surface area contributed by atoms with Crippen LogP contribution in [0, 0.1) is 17.0 Å². The minimum absolute atomic E-state index is 0.241. The van der Waals surface area contributed by atoms with Crippen molar-refractivity contribution in [3.63, 3.8) is 0 Å². The summed E-state index contributed by atoms with van der Waals surface area (Å²) in [6.07, 6.45) is 3.94. The van der Waals surface area contributed by atoms with Crippen LogP contribution in [0.5, 0.6) is 0 Å². The Morgan fingerprint density at radius 1 is 1.32 bits per heavy atom. The first-order chi connectivity index (χ1) is 9.08. The molecule has 1 atom stereocenters. The topological polar surface area (TPSA) is 55.2 Å². The third kappa shape index (κ3) is 4.99. The van der Waals surface area contributed by atoms with Gasteiger partial charge in [-0.15, -0.1) is 0 Å². The van der Waals surface area contributed by atoms with E-state index in [0.717, 1.165) is 43.4 Å². The summed E-state index contributed by atoms with van der Waals surface area (Å²) in [5.41, 5.74) is 2.16. The van der Waals surface area contributed by atoms with Gasteiger partial charge in [0.15, 0.2) is 0 Å². The lowest BCUT2D eigenvalue weighted by atomic mass is 9.99. The molecule has 1 unspecified atom stereocenters. The summed E-state index contributed by atoms with van der Waals surface area (Å²) in [6.45, 7) is 7.21. The number of nitro groups is 1. The maximum Gasteiger partial charge on any atom is 0.272 e. The molecule has 0 aliphatic carbocycles. The SMILES string of the molecule is CCCNC(CCC)Cc1cc(C)ccc1[N+](=O)[O-]. The molecule has 0 fully saturated rings. The third-order valence-corrected chi connectivity index (χ3v) is 3.22. The van der Waals surface area contributed by atoms with Crippen LogP contribution in [-0.4, -0.2) is 17.5 Å². The number of aryl methyl sites for hydroxylation is 1. The van der Waals surface area contributed by atoms with Crippen LogP contribution in [0.15, 0.2) is 18.2 Å². The Morgan fingerprint density at radius 3 is 2.63 bits per heavy atom. The lowest BCUT2D eigenvalue weighted by molar-refractivity contribution is -0.385. The van der Waals surface area contributed by atoms with Crippen LogP contribution in [0.4, 0.5) is 5.69 Å². The molecule has 0 aliphatic heterocycles. The molecule has 1 aromatic carbocycles. The largest absolute Gasteiger partial charge is 0.314 e. The normalized spacial score (nSPS) is 12.4. The van der Waals surface area contributed by atoms with E-state index in [1.54, 1.807) is 12.1 Å². The number of nitro benzene ring substituents is 1.